The molecule has 1 atom stereocenters. The normalized spacial score (nSPS) is 19.8. The first-order valence-corrected chi connectivity index (χ1v) is 6.81. The fourth-order valence-corrected chi connectivity index (χ4v) is 3.21. The van der Waals surface area contributed by atoms with Crippen LogP contribution < -0.4 is 11.1 Å². The maximum Gasteiger partial charge on any atom is 0.265 e. The van der Waals surface area contributed by atoms with E-state index in [1.807, 2.05) is 11.8 Å². The van der Waals surface area contributed by atoms with E-state index in [-0.39, 0.29) is 5.56 Å². The van der Waals surface area contributed by atoms with Gasteiger partial charge in [0.05, 0.1) is 0 Å². The smallest absolute Gasteiger partial charge is 0.265 e. The standard InChI is InChI=1S/C12H16F2N2S/c13-12(14)10-5-9(15)1-2-11(10)16-6-8-3-4-17-7-8/h1-2,5,8,12,16H,3-4,6-7,15H2. The van der Waals surface area contributed by atoms with Gasteiger partial charge in [0, 0.05) is 23.5 Å². The Hall–Kier alpha value is -0.970. The zero-order valence-corrected chi connectivity index (χ0v) is 10.3. The highest BCUT2D eigenvalue weighted by Gasteiger charge is 2.17. The van der Waals surface area contributed by atoms with Crippen LogP contribution in [0.1, 0.15) is 18.4 Å². The number of rotatable bonds is 4. The highest BCUT2D eigenvalue weighted by Crippen LogP contribution is 2.30. The lowest BCUT2D eigenvalue weighted by Gasteiger charge is -2.15. The van der Waals surface area contributed by atoms with Crippen LogP contribution in [-0.4, -0.2) is 18.1 Å². The number of alkyl halides is 2. The average Bonchev–Trinajstić information content (AvgIpc) is 2.80. The monoisotopic (exact) mass is 258 g/mol. The van der Waals surface area contributed by atoms with Crippen LogP contribution >= 0.6 is 11.8 Å². The Bertz CT molecular complexity index is 379. The van der Waals surface area contributed by atoms with Crippen molar-refractivity contribution in [2.75, 3.05) is 29.1 Å². The van der Waals surface area contributed by atoms with E-state index in [0.717, 1.165) is 18.7 Å². The number of hydrogen-bond acceptors (Lipinski definition) is 3. The van der Waals surface area contributed by atoms with E-state index in [2.05, 4.69) is 5.32 Å². The molecule has 2 nitrogen and oxygen atoms in total. The Morgan fingerprint density at radius 1 is 1.47 bits per heavy atom. The van der Waals surface area contributed by atoms with Gasteiger partial charge >= 0.3 is 0 Å². The summed E-state index contributed by atoms with van der Waals surface area (Å²) in [5.74, 6) is 2.88. The second-order valence-electron chi connectivity index (χ2n) is 4.26. The summed E-state index contributed by atoms with van der Waals surface area (Å²) in [7, 11) is 0. The number of benzene rings is 1. The van der Waals surface area contributed by atoms with E-state index < -0.39 is 6.43 Å². The summed E-state index contributed by atoms with van der Waals surface area (Å²) >= 11 is 1.92. The van der Waals surface area contributed by atoms with Gasteiger partial charge in [-0.05, 0) is 42.0 Å². The SMILES string of the molecule is Nc1ccc(NCC2CCSC2)c(C(F)F)c1. The molecule has 0 radical (unpaired) electrons. The summed E-state index contributed by atoms with van der Waals surface area (Å²) in [5.41, 5.74) is 6.40. The van der Waals surface area contributed by atoms with Crippen LogP contribution in [0.3, 0.4) is 0 Å². The fourth-order valence-electron chi connectivity index (χ4n) is 1.92. The van der Waals surface area contributed by atoms with Gasteiger partial charge < -0.3 is 11.1 Å². The number of anilines is 2. The van der Waals surface area contributed by atoms with Crippen molar-refractivity contribution in [1.29, 1.82) is 0 Å². The molecule has 5 heteroatoms. The van der Waals surface area contributed by atoms with E-state index in [9.17, 15) is 8.78 Å². The molecule has 1 aliphatic rings. The highest BCUT2D eigenvalue weighted by atomic mass is 32.2. The van der Waals surface area contributed by atoms with Crippen molar-refractivity contribution in [2.45, 2.75) is 12.8 Å². The number of hydrogen-bond donors (Lipinski definition) is 2. The molecule has 17 heavy (non-hydrogen) atoms. The molecule has 0 aliphatic carbocycles. The van der Waals surface area contributed by atoms with Gasteiger partial charge in [0.25, 0.3) is 6.43 Å². The predicted molar refractivity (Wildman–Crippen MR) is 69.7 cm³/mol. The fraction of sp³-hybridized carbons (Fsp3) is 0.500. The first kappa shape index (κ1) is 12.5. The molecule has 94 valence electrons. The largest absolute Gasteiger partial charge is 0.399 e. The van der Waals surface area contributed by atoms with Gasteiger partial charge in [-0.15, -0.1) is 0 Å². The highest BCUT2D eigenvalue weighted by molar-refractivity contribution is 7.99. The lowest BCUT2D eigenvalue weighted by atomic mass is 10.1. The average molecular weight is 258 g/mol. The second-order valence-corrected chi connectivity index (χ2v) is 5.41. The van der Waals surface area contributed by atoms with Gasteiger partial charge in [-0.2, -0.15) is 11.8 Å². The maximum absolute atomic E-state index is 12.8. The molecule has 1 heterocycles. The maximum atomic E-state index is 12.8. The number of thioether (sulfide) groups is 1. The molecule has 2 rings (SSSR count). The minimum Gasteiger partial charge on any atom is -0.399 e. The van der Waals surface area contributed by atoms with Crippen LogP contribution in [0.2, 0.25) is 0 Å². The first-order chi connectivity index (χ1) is 8.16. The van der Waals surface area contributed by atoms with Crippen LogP contribution in [0.25, 0.3) is 0 Å². The third-order valence-electron chi connectivity index (χ3n) is 2.92. The molecule has 0 saturated carbocycles. The molecule has 1 saturated heterocycles. The minimum atomic E-state index is -2.49. The van der Waals surface area contributed by atoms with Gasteiger partial charge in [-0.3, -0.25) is 0 Å². The van der Waals surface area contributed by atoms with E-state index in [1.165, 1.54) is 11.8 Å². The Morgan fingerprint density at radius 3 is 2.94 bits per heavy atom. The molecule has 0 aromatic heterocycles. The van der Waals surface area contributed by atoms with Crippen LogP contribution in [-0.2, 0) is 0 Å². The third-order valence-corrected chi connectivity index (χ3v) is 4.15. The van der Waals surface area contributed by atoms with Crippen LogP contribution in [0.15, 0.2) is 18.2 Å². The van der Waals surface area contributed by atoms with E-state index in [0.29, 0.717) is 17.3 Å². The van der Waals surface area contributed by atoms with Gasteiger partial charge in [0.15, 0.2) is 0 Å². The van der Waals surface area contributed by atoms with Crippen LogP contribution in [0.4, 0.5) is 20.2 Å². The number of nitrogen functional groups attached to an aromatic ring is 1. The number of nitrogens with one attached hydrogen (secondary N) is 1. The lowest BCUT2D eigenvalue weighted by molar-refractivity contribution is 0.152. The van der Waals surface area contributed by atoms with E-state index >= 15 is 0 Å². The number of halogens is 2. The Labute approximate surface area is 104 Å². The van der Waals surface area contributed by atoms with Crippen molar-refractivity contribution < 1.29 is 8.78 Å². The molecule has 1 aromatic rings. The molecule has 1 aliphatic heterocycles. The van der Waals surface area contributed by atoms with Gasteiger partial charge in [0.1, 0.15) is 0 Å². The summed E-state index contributed by atoms with van der Waals surface area (Å²) in [5, 5.41) is 3.11. The molecule has 0 bridgehead atoms. The molecule has 1 aromatic carbocycles. The van der Waals surface area contributed by atoms with Crippen molar-refractivity contribution >= 4 is 23.1 Å². The van der Waals surface area contributed by atoms with Crippen molar-refractivity contribution in [3.05, 3.63) is 23.8 Å². The zero-order chi connectivity index (χ0) is 12.3. The first-order valence-electron chi connectivity index (χ1n) is 5.66. The molecule has 1 fully saturated rings. The van der Waals surface area contributed by atoms with Crippen molar-refractivity contribution in [3.63, 3.8) is 0 Å². The summed E-state index contributed by atoms with van der Waals surface area (Å²) < 4.78 is 25.6. The Kier molecular flexibility index (Phi) is 4.10. The zero-order valence-electron chi connectivity index (χ0n) is 9.46. The molecule has 3 N–H and O–H groups in total. The second kappa shape index (κ2) is 5.58. The van der Waals surface area contributed by atoms with Crippen molar-refractivity contribution in [2.24, 2.45) is 5.92 Å². The third kappa shape index (κ3) is 3.25. The predicted octanol–water partition coefficient (Wildman–Crippen LogP) is 3.37. The molecular formula is C12H16F2N2S. The van der Waals surface area contributed by atoms with Gasteiger partial charge in [-0.1, -0.05) is 0 Å². The Morgan fingerprint density at radius 2 is 2.29 bits per heavy atom. The van der Waals surface area contributed by atoms with Crippen LogP contribution in [0.5, 0.6) is 0 Å². The summed E-state index contributed by atoms with van der Waals surface area (Å²) in [6.45, 7) is 0.761. The molecular weight excluding hydrogens is 242 g/mol. The van der Waals surface area contributed by atoms with Gasteiger partial charge in [0.2, 0.25) is 0 Å². The topological polar surface area (TPSA) is 38.0 Å². The summed E-state index contributed by atoms with van der Waals surface area (Å²) in [4.78, 5) is 0. The molecule has 0 amide bonds. The van der Waals surface area contributed by atoms with E-state index in [4.69, 9.17) is 5.73 Å². The van der Waals surface area contributed by atoms with Crippen molar-refractivity contribution in [1.82, 2.24) is 0 Å². The summed E-state index contributed by atoms with van der Waals surface area (Å²) in [6.07, 6.45) is -1.32. The minimum absolute atomic E-state index is 0.00403. The Balaban J connectivity index is 2.03. The van der Waals surface area contributed by atoms with Crippen molar-refractivity contribution in [3.8, 4) is 0 Å². The van der Waals surface area contributed by atoms with Crippen LogP contribution in [0, 0.1) is 5.92 Å². The lowest BCUT2D eigenvalue weighted by Crippen LogP contribution is -2.14. The summed E-state index contributed by atoms with van der Waals surface area (Å²) in [6, 6.07) is 4.63. The molecule has 0 spiro atoms. The molecule has 1 unspecified atom stereocenters. The van der Waals surface area contributed by atoms with E-state index in [1.54, 1.807) is 12.1 Å². The quantitative estimate of drug-likeness (QED) is 0.813. The number of nitrogens with two attached hydrogens (primary N) is 1. The van der Waals surface area contributed by atoms with Gasteiger partial charge in [-0.25, -0.2) is 8.78 Å².